The van der Waals surface area contributed by atoms with Gasteiger partial charge in [-0.3, -0.25) is 5.10 Å². The van der Waals surface area contributed by atoms with Crippen molar-refractivity contribution in [3.05, 3.63) is 46.5 Å². The lowest BCUT2D eigenvalue weighted by molar-refractivity contribution is 0.617. The van der Waals surface area contributed by atoms with E-state index in [0.717, 1.165) is 22.6 Å². The second kappa shape index (κ2) is 4.57. The van der Waals surface area contributed by atoms with E-state index in [1.54, 1.807) is 13.0 Å². The molecule has 0 fully saturated rings. The van der Waals surface area contributed by atoms with Crippen LogP contribution >= 0.6 is 0 Å². The van der Waals surface area contributed by atoms with Crippen LogP contribution in [0.5, 0.6) is 0 Å². The van der Waals surface area contributed by atoms with Crippen LogP contribution in [0.2, 0.25) is 0 Å². The van der Waals surface area contributed by atoms with Crippen LogP contribution in [0.15, 0.2) is 18.2 Å². The van der Waals surface area contributed by atoms with Crippen LogP contribution in [0.3, 0.4) is 0 Å². The maximum Gasteiger partial charge on any atom is 0.126 e. The molecule has 0 aliphatic heterocycles. The minimum Gasteiger partial charge on any atom is -0.378 e. The molecular weight excluding hydrogens is 217 g/mol. The van der Waals surface area contributed by atoms with Gasteiger partial charge in [0.05, 0.1) is 17.1 Å². The molecule has 1 heterocycles. The van der Waals surface area contributed by atoms with Crippen LogP contribution in [0, 0.1) is 26.6 Å². The number of rotatable bonds is 3. The lowest BCUT2D eigenvalue weighted by Gasteiger charge is -2.07. The van der Waals surface area contributed by atoms with Gasteiger partial charge < -0.3 is 5.32 Å². The van der Waals surface area contributed by atoms with Crippen molar-refractivity contribution in [1.29, 1.82) is 0 Å². The Labute approximate surface area is 100 Å². The molecule has 0 aliphatic carbocycles. The van der Waals surface area contributed by atoms with Crippen molar-refractivity contribution in [2.24, 2.45) is 0 Å². The third kappa shape index (κ3) is 2.46. The van der Waals surface area contributed by atoms with Gasteiger partial charge >= 0.3 is 0 Å². The van der Waals surface area contributed by atoms with Gasteiger partial charge in [0.2, 0.25) is 0 Å². The predicted octanol–water partition coefficient (Wildman–Crippen LogP) is 3.09. The smallest absolute Gasteiger partial charge is 0.126 e. The zero-order valence-corrected chi connectivity index (χ0v) is 10.3. The summed E-state index contributed by atoms with van der Waals surface area (Å²) in [5.74, 6) is -0.163. The fourth-order valence-electron chi connectivity index (χ4n) is 1.82. The first-order chi connectivity index (χ1) is 8.08. The molecule has 90 valence electrons. The Morgan fingerprint density at radius 3 is 2.65 bits per heavy atom. The van der Waals surface area contributed by atoms with Crippen LogP contribution < -0.4 is 5.32 Å². The molecule has 4 heteroatoms. The molecule has 0 saturated carbocycles. The van der Waals surface area contributed by atoms with Gasteiger partial charge in [-0.05, 0) is 38.0 Å². The Bertz CT molecular complexity index is 512. The molecule has 2 rings (SSSR count). The van der Waals surface area contributed by atoms with Crippen LogP contribution in [0.1, 0.15) is 22.5 Å². The van der Waals surface area contributed by atoms with E-state index in [1.165, 1.54) is 6.07 Å². The number of hydrogen-bond donors (Lipinski definition) is 2. The fraction of sp³-hybridized carbons (Fsp3) is 0.308. The number of aromatic nitrogens is 2. The lowest BCUT2D eigenvalue weighted by atomic mass is 10.1. The van der Waals surface area contributed by atoms with E-state index in [0.29, 0.717) is 12.1 Å². The lowest BCUT2D eigenvalue weighted by Crippen LogP contribution is -2.01. The highest BCUT2D eigenvalue weighted by Gasteiger charge is 2.05. The van der Waals surface area contributed by atoms with Gasteiger partial charge in [-0.25, -0.2) is 4.39 Å². The quantitative estimate of drug-likeness (QED) is 0.855. The molecular formula is C13H16FN3. The molecule has 1 aromatic heterocycles. The molecule has 0 amide bonds. The van der Waals surface area contributed by atoms with E-state index < -0.39 is 0 Å². The monoisotopic (exact) mass is 233 g/mol. The van der Waals surface area contributed by atoms with Gasteiger partial charge in [-0.15, -0.1) is 0 Å². The summed E-state index contributed by atoms with van der Waals surface area (Å²) in [6.45, 7) is 6.36. The average Bonchev–Trinajstić information content (AvgIpc) is 2.61. The van der Waals surface area contributed by atoms with E-state index in [1.807, 2.05) is 19.9 Å². The fourth-order valence-corrected chi connectivity index (χ4v) is 1.82. The van der Waals surface area contributed by atoms with Crippen molar-refractivity contribution >= 4 is 5.69 Å². The number of nitrogens with one attached hydrogen (secondary N) is 2. The third-order valence-electron chi connectivity index (χ3n) is 2.82. The molecule has 17 heavy (non-hydrogen) atoms. The Morgan fingerprint density at radius 2 is 2.06 bits per heavy atom. The van der Waals surface area contributed by atoms with Gasteiger partial charge in [-0.2, -0.15) is 5.10 Å². The van der Waals surface area contributed by atoms with Gasteiger partial charge in [0.1, 0.15) is 5.82 Å². The standard InChI is InChI=1S/C13H16FN3/c1-8-6-11(4-5-12(8)14)7-15-13-9(2)16-17-10(13)3/h4-6,15H,7H2,1-3H3,(H,16,17). The van der Waals surface area contributed by atoms with Crippen LogP contribution in [-0.4, -0.2) is 10.2 Å². The molecule has 2 N–H and O–H groups in total. The summed E-state index contributed by atoms with van der Waals surface area (Å²) in [5.41, 5.74) is 4.71. The Kier molecular flexibility index (Phi) is 3.13. The molecule has 0 spiro atoms. The second-order valence-corrected chi connectivity index (χ2v) is 4.25. The third-order valence-corrected chi connectivity index (χ3v) is 2.82. The zero-order chi connectivity index (χ0) is 12.4. The van der Waals surface area contributed by atoms with Gasteiger partial charge in [0, 0.05) is 6.54 Å². The van der Waals surface area contributed by atoms with Crippen molar-refractivity contribution < 1.29 is 4.39 Å². The maximum atomic E-state index is 13.1. The molecule has 3 nitrogen and oxygen atoms in total. The number of nitrogens with zero attached hydrogens (tertiary/aromatic N) is 1. The molecule has 0 radical (unpaired) electrons. The SMILES string of the molecule is Cc1cc(CNc2c(C)n[nH]c2C)ccc1F. The van der Waals surface area contributed by atoms with Crippen molar-refractivity contribution in [2.75, 3.05) is 5.32 Å². The summed E-state index contributed by atoms with van der Waals surface area (Å²) in [4.78, 5) is 0. The summed E-state index contributed by atoms with van der Waals surface area (Å²) in [6, 6.07) is 5.15. The number of halogens is 1. The summed E-state index contributed by atoms with van der Waals surface area (Å²) >= 11 is 0. The van der Waals surface area contributed by atoms with Gasteiger partial charge in [0.15, 0.2) is 0 Å². The summed E-state index contributed by atoms with van der Waals surface area (Å²) < 4.78 is 13.1. The molecule has 2 aromatic rings. The van der Waals surface area contributed by atoms with Crippen molar-refractivity contribution in [3.8, 4) is 0 Å². The van der Waals surface area contributed by atoms with E-state index >= 15 is 0 Å². The van der Waals surface area contributed by atoms with Crippen molar-refractivity contribution in [1.82, 2.24) is 10.2 Å². The Hall–Kier alpha value is -1.84. The molecule has 0 atom stereocenters. The average molecular weight is 233 g/mol. The van der Waals surface area contributed by atoms with E-state index in [9.17, 15) is 4.39 Å². The Balaban J connectivity index is 2.10. The number of H-pyrrole nitrogens is 1. The largest absolute Gasteiger partial charge is 0.378 e. The summed E-state index contributed by atoms with van der Waals surface area (Å²) in [5, 5.41) is 10.3. The van der Waals surface area contributed by atoms with Crippen molar-refractivity contribution in [3.63, 3.8) is 0 Å². The number of anilines is 1. The molecule has 1 aromatic carbocycles. The topological polar surface area (TPSA) is 40.7 Å². The number of hydrogen-bond acceptors (Lipinski definition) is 2. The molecule has 0 saturated heterocycles. The molecule has 0 aliphatic rings. The van der Waals surface area contributed by atoms with Crippen LogP contribution in [0.4, 0.5) is 10.1 Å². The number of aromatic amines is 1. The summed E-state index contributed by atoms with van der Waals surface area (Å²) in [6.07, 6.45) is 0. The highest BCUT2D eigenvalue weighted by molar-refractivity contribution is 5.51. The van der Waals surface area contributed by atoms with Crippen LogP contribution in [-0.2, 0) is 6.54 Å². The van der Waals surface area contributed by atoms with E-state index in [4.69, 9.17) is 0 Å². The first-order valence-electron chi connectivity index (χ1n) is 5.58. The first-order valence-corrected chi connectivity index (χ1v) is 5.58. The minimum atomic E-state index is -0.163. The highest BCUT2D eigenvalue weighted by atomic mass is 19.1. The zero-order valence-electron chi connectivity index (χ0n) is 10.3. The Morgan fingerprint density at radius 1 is 1.29 bits per heavy atom. The van der Waals surface area contributed by atoms with Crippen molar-refractivity contribution in [2.45, 2.75) is 27.3 Å². The normalized spacial score (nSPS) is 10.6. The molecule has 0 bridgehead atoms. The van der Waals surface area contributed by atoms with Gasteiger partial charge in [0.25, 0.3) is 0 Å². The minimum absolute atomic E-state index is 0.163. The number of benzene rings is 1. The predicted molar refractivity (Wildman–Crippen MR) is 66.5 cm³/mol. The maximum absolute atomic E-state index is 13.1. The summed E-state index contributed by atoms with van der Waals surface area (Å²) in [7, 11) is 0. The van der Waals surface area contributed by atoms with Gasteiger partial charge in [-0.1, -0.05) is 12.1 Å². The van der Waals surface area contributed by atoms with E-state index in [-0.39, 0.29) is 5.82 Å². The van der Waals surface area contributed by atoms with E-state index in [2.05, 4.69) is 15.5 Å². The second-order valence-electron chi connectivity index (χ2n) is 4.25. The number of aryl methyl sites for hydroxylation is 3. The highest BCUT2D eigenvalue weighted by Crippen LogP contribution is 2.17. The van der Waals surface area contributed by atoms with Crippen LogP contribution in [0.25, 0.3) is 0 Å². The molecule has 0 unspecified atom stereocenters. The first kappa shape index (κ1) is 11.6.